The fourth-order valence-corrected chi connectivity index (χ4v) is 1.11. The van der Waals surface area contributed by atoms with Crippen LogP contribution in [0.3, 0.4) is 0 Å². The molecule has 1 nitrogen and oxygen atoms in total. The first-order valence-electron chi connectivity index (χ1n) is 3.85. The fourth-order valence-electron chi connectivity index (χ4n) is 1.11. The lowest BCUT2D eigenvalue weighted by atomic mass is 10.4. The van der Waals surface area contributed by atoms with E-state index in [9.17, 15) is 13.2 Å². The molecule has 0 aromatic carbocycles. The quantitative estimate of drug-likeness (QED) is 0.677. The van der Waals surface area contributed by atoms with Gasteiger partial charge in [0.15, 0.2) is 0 Å². The summed E-state index contributed by atoms with van der Waals surface area (Å²) in [5.74, 6) is -1.07. The zero-order valence-electron chi connectivity index (χ0n) is 6.41. The Balaban J connectivity index is 2.16. The lowest BCUT2D eigenvalue weighted by Crippen LogP contribution is -2.24. The average molecular weight is 167 g/mol. The van der Waals surface area contributed by atoms with Crippen molar-refractivity contribution in [1.82, 2.24) is 5.32 Å². The van der Waals surface area contributed by atoms with Gasteiger partial charge in [-0.2, -0.15) is 13.2 Å². The van der Waals surface area contributed by atoms with E-state index in [1.807, 2.05) is 6.92 Å². The SMILES string of the molecule is CCCNC1CC1C(F)(F)F. The van der Waals surface area contributed by atoms with E-state index in [1.165, 1.54) is 0 Å². The third-order valence-corrected chi connectivity index (χ3v) is 1.87. The van der Waals surface area contributed by atoms with Gasteiger partial charge in [-0.3, -0.25) is 0 Å². The van der Waals surface area contributed by atoms with Gasteiger partial charge in [-0.25, -0.2) is 0 Å². The monoisotopic (exact) mass is 167 g/mol. The number of hydrogen-bond donors (Lipinski definition) is 1. The molecule has 2 atom stereocenters. The van der Waals surface area contributed by atoms with Gasteiger partial charge in [-0.15, -0.1) is 0 Å². The van der Waals surface area contributed by atoms with Crippen LogP contribution in [0.1, 0.15) is 19.8 Å². The van der Waals surface area contributed by atoms with Gasteiger partial charge >= 0.3 is 6.18 Å². The zero-order valence-corrected chi connectivity index (χ0v) is 6.41. The Bertz CT molecular complexity index is 132. The number of nitrogens with one attached hydrogen (secondary N) is 1. The van der Waals surface area contributed by atoms with Gasteiger partial charge in [0.05, 0.1) is 5.92 Å². The molecule has 0 aromatic heterocycles. The molecule has 66 valence electrons. The van der Waals surface area contributed by atoms with Crippen molar-refractivity contribution in [1.29, 1.82) is 0 Å². The standard InChI is InChI=1S/C7H12F3N/c1-2-3-11-6-4-5(6)7(8,9)10/h5-6,11H,2-4H2,1H3. The average Bonchev–Trinajstić information content (AvgIpc) is 2.60. The van der Waals surface area contributed by atoms with E-state index >= 15 is 0 Å². The number of alkyl halides is 3. The minimum absolute atomic E-state index is 0.267. The summed E-state index contributed by atoms with van der Waals surface area (Å²) in [5, 5.41) is 2.84. The van der Waals surface area contributed by atoms with Crippen LogP contribution in [0.2, 0.25) is 0 Å². The number of rotatable bonds is 3. The molecule has 0 saturated heterocycles. The van der Waals surface area contributed by atoms with E-state index in [4.69, 9.17) is 0 Å². The normalized spacial score (nSPS) is 30.5. The molecule has 1 aliphatic rings. The first kappa shape index (κ1) is 8.84. The highest BCUT2D eigenvalue weighted by atomic mass is 19.4. The van der Waals surface area contributed by atoms with Crippen LogP contribution >= 0.6 is 0 Å². The van der Waals surface area contributed by atoms with Crippen molar-refractivity contribution in [3.8, 4) is 0 Å². The molecule has 0 aliphatic heterocycles. The van der Waals surface area contributed by atoms with Crippen LogP contribution in [0.25, 0.3) is 0 Å². The van der Waals surface area contributed by atoms with Gasteiger partial charge in [-0.05, 0) is 19.4 Å². The predicted octanol–water partition coefficient (Wildman–Crippen LogP) is 1.94. The molecule has 1 aliphatic carbocycles. The molecule has 0 spiro atoms. The summed E-state index contributed by atoms with van der Waals surface area (Å²) >= 11 is 0. The Kier molecular flexibility index (Phi) is 2.42. The van der Waals surface area contributed by atoms with Crippen LogP contribution in [0.15, 0.2) is 0 Å². The second-order valence-electron chi connectivity index (χ2n) is 2.94. The van der Waals surface area contributed by atoms with E-state index < -0.39 is 12.1 Å². The molecule has 11 heavy (non-hydrogen) atoms. The minimum atomic E-state index is -3.98. The van der Waals surface area contributed by atoms with Crippen molar-refractivity contribution < 1.29 is 13.2 Å². The highest BCUT2D eigenvalue weighted by Gasteiger charge is 2.55. The third kappa shape index (κ3) is 2.36. The molecule has 0 bridgehead atoms. The first-order valence-corrected chi connectivity index (χ1v) is 3.85. The topological polar surface area (TPSA) is 12.0 Å². The highest BCUT2D eigenvalue weighted by Crippen LogP contribution is 2.44. The summed E-state index contributed by atoms with van der Waals surface area (Å²) in [6, 6.07) is -0.296. The number of halogens is 3. The summed E-state index contributed by atoms with van der Waals surface area (Å²) in [7, 11) is 0. The Morgan fingerprint density at radius 3 is 2.45 bits per heavy atom. The van der Waals surface area contributed by atoms with Gasteiger partial charge in [0.25, 0.3) is 0 Å². The predicted molar refractivity (Wildman–Crippen MR) is 36.2 cm³/mol. The molecule has 1 N–H and O–H groups in total. The van der Waals surface area contributed by atoms with Crippen LogP contribution in [-0.4, -0.2) is 18.8 Å². The summed E-state index contributed by atoms with van der Waals surface area (Å²) in [5.41, 5.74) is 0. The Morgan fingerprint density at radius 2 is 2.09 bits per heavy atom. The van der Waals surface area contributed by atoms with Gasteiger partial charge < -0.3 is 5.32 Å². The molecule has 1 fully saturated rings. The first-order chi connectivity index (χ1) is 5.05. The van der Waals surface area contributed by atoms with Crippen LogP contribution in [0, 0.1) is 5.92 Å². The van der Waals surface area contributed by atoms with E-state index in [-0.39, 0.29) is 12.5 Å². The van der Waals surface area contributed by atoms with Crippen LogP contribution in [0.4, 0.5) is 13.2 Å². The Labute approximate surface area is 64.0 Å². The Hall–Kier alpha value is -0.250. The van der Waals surface area contributed by atoms with Gasteiger partial charge in [0.1, 0.15) is 0 Å². The Morgan fingerprint density at radius 1 is 1.45 bits per heavy atom. The van der Waals surface area contributed by atoms with E-state index in [0.717, 1.165) is 6.42 Å². The van der Waals surface area contributed by atoms with Crippen molar-refractivity contribution in [3.05, 3.63) is 0 Å². The lowest BCUT2D eigenvalue weighted by Gasteiger charge is -2.05. The summed E-state index contributed by atoms with van der Waals surface area (Å²) < 4.78 is 35.6. The van der Waals surface area contributed by atoms with Crippen molar-refractivity contribution in [2.75, 3.05) is 6.54 Å². The molecule has 1 saturated carbocycles. The van der Waals surface area contributed by atoms with Gasteiger partial charge in [-0.1, -0.05) is 6.92 Å². The second-order valence-corrected chi connectivity index (χ2v) is 2.94. The van der Waals surface area contributed by atoms with E-state index in [1.54, 1.807) is 0 Å². The molecule has 0 amide bonds. The van der Waals surface area contributed by atoms with Crippen molar-refractivity contribution in [3.63, 3.8) is 0 Å². The van der Waals surface area contributed by atoms with E-state index in [0.29, 0.717) is 6.54 Å². The van der Waals surface area contributed by atoms with Gasteiger partial charge in [0, 0.05) is 6.04 Å². The molecule has 0 aromatic rings. The van der Waals surface area contributed by atoms with Crippen molar-refractivity contribution in [2.24, 2.45) is 5.92 Å². The van der Waals surface area contributed by atoms with Crippen LogP contribution in [0.5, 0.6) is 0 Å². The van der Waals surface area contributed by atoms with Crippen LogP contribution < -0.4 is 5.32 Å². The molecule has 0 radical (unpaired) electrons. The lowest BCUT2D eigenvalue weighted by molar-refractivity contribution is -0.149. The highest BCUT2D eigenvalue weighted by molar-refractivity contribution is 4.97. The molecular weight excluding hydrogens is 155 g/mol. The zero-order chi connectivity index (χ0) is 8.48. The minimum Gasteiger partial charge on any atom is -0.313 e. The van der Waals surface area contributed by atoms with Crippen molar-refractivity contribution >= 4 is 0 Å². The van der Waals surface area contributed by atoms with Crippen molar-refractivity contribution in [2.45, 2.75) is 32.0 Å². The largest absolute Gasteiger partial charge is 0.393 e. The van der Waals surface area contributed by atoms with Gasteiger partial charge in [0.2, 0.25) is 0 Å². The molecule has 1 rings (SSSR count). The third-order valence-electron chi connectivity index (χ3n) is 1.87. The van der Waals surface area contributed by atoms with E-state index in [2.05, 4.69) is 5.32 Å². The maximum absolute atomic E-state index is 11.9. The summed E-state index contributed by atoms with van der Waals surface area (Å²) in [4.78, 5) is 0. The second kappa shape index (κ2) is 3.01. The summed E-state index contributed by atoms with van der Waals surface area (Å²) in [6.07, 6.45) is -2.82. The molecule has 4 heteroatoms. The summed E-state index contributed by atoms with van der Waals surface area (Å²) in [6.45, 7) is 2.63. The van der Waals surface area contributed by atoms with Crippen LogP contribution in [-0.2, 0) is 0 Å². The smallest absolute Gasteiger partial charge is 0.313 e. The molecule has 2 unspecified atom stereocenters. The maximum atomic E-state index is 11.9. The fraction of sp³-hybridized carbons (Fsp3) is 1.00. The molecular formula is C7H12F3N. The number of hydrogen-bond acceptors (Lipinski definition) is 1. The maximum Gasteiger partial charge on any atom is 0.393 e. The molecule has 0 heterocycles.